The van der Waals surface area contributed by atoms with E-state index in [-0.39, 0.29) is 11.9 Å². The first-order chi connectivity index (χ1) is 6.81. The molecule has 0 aromatic rings. The lowest BCUT2D eigenvalue weighted by atomic mass is 9.54. The van der Waals surface area contributed by atoms with Crippen LogP contribution < -0.4 is 0 Å². The quantitative estimate of drug-likeness (QED) is 0.465. The summed E-state index contributed by atoms with van der Waals surface area (Å²) in [6.07, 6.45) is 10.0. The summed E-state index contributed by atoms with van der Waals surface area (Å²) in [6.45, 7) is 0. The largest absolute Gasteiger partial charge is 0.469 e. The lowest BCUT2D eigenvalue weighted by molar-refractivity contribution is -0.150. The number of fused-ring (bicyclic) bond motifs is 1. The average molecular weight is 190 g/mol. The van der Waals surface area contributed by atoms with Gasteiger partial charge in [-0.15, -0.1) is 0 Å². The van der Waals surface area contributed by atoms with Crippen LogP contribution in [0.15, 0.2) is 24.3 Å². The highest BCUT2D eigenvalue weighted by Gasteiger charge is 2.49. The molecule has 0 heterocycles. The van der Waals surface area contributed by atoms with Crippen molar-refractivity contribution in [3.63, 3.8) is 0 Å². The number of ether oxygens (including phenoxy) is 1. The Hall–Kier alpha value is -1.05. The molecule has 4 aliphatic carbocycles. The molecule has 0 aromatic carbocycles. The Morgan fingerprint density at radius 3 is 2.43 bits per heavy atom. The highest BCUT2D eigenvalue weighted by Crippen LogP contribution is 2.53. The van der Waals surface area contributed by atoms with E-state index in [0.29, 0.717) is 23.7 Å². The Morgan fingerprint density at radius 1 is 1.14 bits per heavy atom. The van der Waals surface area contributed by atoms with Crippen molar-refractivity contribution in [2.24, 2.45) is 29.6 Å². The molecule has 2 bridgehead atoms. The van der Waals surface area contributed by atoms with E-state index in [2.05, 4.69) is 24.3 Å². The fourth-order valence-corrected chi connectivity index (χ4v) is 3.20. The van der Waals surface area contributed by atoms with Crippen molar-refractivity contribution in [1.29, 1.82) is 0 Å². The van der Waals surface area contributed by atoms with E-state index < -0.39 is 0 Å². The van der Waals surface area contributed by atoms with E-state index in [1.807, 2.05) is 0 Å². The number of hydrogen-bond acceptors (Lipinski definition) is 2. The third-order valence-electron chi connectivity index (χ3n) is 4.01. The maximum atomic E-state index is 11.6. The zero-order valence-corrected chi connectivity index (χ0v) is 8.22. The molecule has 4 aliphatic rings. The second-order valence-electron chi connectivity index (χ2n) is 4.53. The number of hydrogen-bond donors (Lipinski definition) is 0. The van der Waals surface area contributed by atoms with Gasteiger partial charge < -0.3 is 4.74 Å². The Labute approximate surface area is 83.6 Å². The molecule has 4 rings (SSSR count). The third-order valence-corrected chi connectivity index (χ3v) is 4.01. The zero-order chi connectivity index (χ0) is 9.71. The average Bonchev–Trinajstić information content (AvgIpc) is 2.16. The van der Waals surface area contributed by atoms with Gasteiger partial charge in [0.15, 0.2) is 0 Å². The molecule has 0 radical (unpaired) electrons. The van der Waals surface area contributed by atoms with Crippen molar-refractivity contribution < 1.29 is 9.53 Å². The van der Waals surface area contributed by atoms with Gasteiger partial charge in [-0.05, 0) is 30.1 Å². The first kappa shape index (κ1) is 8.27. The summed E-state index contributed by atoms with van der Waals surface area (Å²) in [5, 5.41) is 0. The van der Waals surface area contributed by atoms with Gasteiger partial charge in [-0.2, -0.15) is 0 Å². The van der Waals surface area contributed by atoms with Crippen LogP contribution in [0, 0.1) is 29.6 Å². The second-order valence-corrected chi connectivity index (χ2v) is 4.53. The van der Waals surface area contributed by atoms with Crippen molar-refractivity contribution >= 4 is 5.97 Å². The maximum Gasteiger partial charge on any atom is 0.309 e. The fraction of sp³-hybridized carbons (Fsp3) is 0.583. The van der Waals surface area contributed by atoms with E-state index in [9.17, 15) is 4.79 Å². The molecule has 0 spiro atoms. The van der Waals surface area contributed by atoms with E-state index in [1.54, 1.807) is 0 Å². The van der Waals surface area contributed by atoms with Crippen molar-refractivity contribution in [3.8, 4) is 0 Å². The minimum Gasteiger partial charge on any atom is -0.469 e. The molecule has 5 unspecified atom stereocenters. The number of carbonyl (C=O) groups excluding carboxylic acids is 1. The predicted octanol–water partition coefficient (Wildman–Crippen LogP) is 1.78. The lowest BCUT2D eigenvalue weighted by Gasteiger charge is -2.50. The normalized spacial score (nSPS) is 47.1. The number of methoxy groups -OCH3 is 1. The summed E-state index contributed by atoms with van der Waals surface area (Å²) in [4.78, 5) is 11.6. The van der Waals surface area contributed by atoms with Gasteiger partial charge in [-0.3, -0.25) is 4.79 Å². The van der Waals surface area contributed by atoms with Crippen LogP contribution in [-0.2, 0) is 9.53 Å². The predicted molar refractivity (Wildman–Crippen MR) is 52.4 cm³/mol. The molecule has 0 N–H and O–H groups in total. The number of carbonyl (C=O) groups is 1. The second kappa shape index (κ2) is 2.72. The standard InChI is InChI=1S/C12H14O2/c1-14-12(13)11-6-7-2-3-10(11)9-5-4-8(7)9/h2-5,7-11H,6H2,1H3. The van der Waals surface area contributed by atoms with E-state index in [4.69, 9.17) is 4.74 Å². The highest BCUT2D eigenvalue weighted by molar-refractivity contribution is 5.74. The third kappa shape index (κ3) is 0.887. The SMILES string of the molecule is COC(=O)C1CC2C=CC1C1C=CC21. The molecule has 74 valence electrons. The maximum absolute atomic E-state index is 11.6. The Kier molecular flexibility index (Phi) is 1.61. The Balaban J connectivity index is 1.90. The van der Waals surface area contributed by atoms with Crippen molar-refractivity contribution in [3.05, 3.63) is 24.3 Å². The smallest absolute Gasteiger partial charge is 0.309 e. The van der Waals surface area contributed by atoms with Crippen molar-refractivity contribution in [1.82, 2.24) is 0 Å². The summed E-state index contributed by atoms with van der Waals surface area (Å²) < 4.78 is 4.85. The zero-order valence-electron chi connectivity index (χ0n) is 8.22. The first-order valence-corrected chi connectivity index (χ1v) is 5.26. The van der Waals surface area contributed by atoms with Crippen LogP contribution in [0.2, 0.25) is 0 Å². The van der Waals surface area contributed by atoms with Crippen LogP contribution in [0.5, 0.6) is 0 Å². The minimum atomic E-state index is -0.0249. The van der Waals surface area contributed by atoms with Gasteiger partial charge in [0.2, 0.25) is 0 Å². The topological polar surface area (TPSA) is 26.3 Å². The fourth-order valence-electron chi connectivity index (χ4n) is 3.20. The molecular formula is C12H14O2. The molecule has 0 amide bonds. The Bertz CT molecular complexity index is 329. The van der Waals surface area contributed by atoms with Crippen molar-refractivity contribution in [2.75, 3.05) is 7.11 Å². The van der Waals surface area contributed by atoms with Crippen LogP contribution in [0.3, 0.4) is 0 Å². The molecule has 5 atom stereocenters. The van der Waals surface area contributed by atoms with Crippen molar-refractivity contribution in [2.45, 2.75) is 6.42 Å². The van der Waals surface area contributed by atoms with Crippen LogP contribution >= 0.6 is 0 Å². The van der Waals surface area contributed by atoms with Crippen LogP contribution in [0.1, 0.15) is 6.42 Å². The first-order valence-electron chi connectivity index (χ1n) is 5.26. The monoisotopic (exact) mass is 190 g/mol. The van der Waals surface area contributed by atoms with E-state index in [1.165, 1.54) is 7.11 Å². The van der Waals surface area contributed by atoms with E-state index >= 15 is 0 Å². The van der Waals surface area contributed by atoms with Gasteiger partial charge in [0.05, 0.1) is 13.0 Å². The molecule has 0 aromatic heterocycles. The van der Waals surface area contributed by atoms with Gasteiger partial charge in [-0.1, -0.05) is 24.3 Å². The van der Waals surface area contributed by atoms with Gasteiger partial charge in [0.25, 0.3) is 0 Å². The van der Waals surface area contributed by atoms with Gasteiger partial charge in [-0.25, -0.2) is 0 Å². The summed E-state index contributed by atoms with van der Waals surface area (Å²) in [7, 11) is 1.49. The van der Waals surface area contributed by atoms with Gasteiger partial charge in [0.1, 0.15) is 0 Å². The summed E-state index contributed by atoms with van der Waals surface area (Å²) in [5.41, 5.74) is 0. The highest BCUT2D eigenvalue weighted by atomic mass is 16.5. The number of allylic oxidation sites excluding steroid dienone is 4. The summed E-state index contributed by atoms with van der Waals surface area (Å²) >= 11 is 0. The lowest BCUT2D eigenvalue weighted by Crippen LogP contribution is -2.46. The van der Waals surface area contributed by atoms with Gasteiger partial charge in [0, 0.05) is 0 Å². The Morgan fingerprint density at radius 2 is 1.86 bits per heavy atom. The number of rotatable bonds is 1. The molecule has 1 fully saturated rings. The molecule has 0 aliphatic heterocycles. The van der Waals surface area contributed by atoms with Gasteiger partial charge >= 0.3 is 5.97 Å². The van der Waals surface area contributed by atoms with Crippen LogP contribution in [0.25, 0.3) is 0 Å². The van der Waals surface area contributed by atoms with Crippen LogP contribution in [-0.4, -0.2) is 13.1 Å². The molecule has 2 nitrogen and oxygen atoms in total. The molecule has 14 heavy (non-hydrogen) atoms. The number of esters is 1. The van der Waals surface area contributed by atoms with E-state index in [0.717, 1.165) is 6.42 Å². The van der Waals surface area contributed by atoms with Crippen LogP contribution in [0.4, 0.5) is 0 Å². The molecule has 1 saturated carbocycles. The molecule has 2 heteroatoms. The minimum absolute atomic E-state index is 0.0249. The summed E-state index contributed by atoms with van der Waals surface area (Å²) in [5.74, 6) is 2.40. The molecule has 0 saturated heterocycles. The molecular weight excluding hydrogens is 176 g/mol. The summed E-state index contributed by atoms with van der Waals surface area (Å²) in [6, 6.07) is 0.